The molecule has 0 unspecified atom stereocenters. The molecule has 1 aromatic heterocycles. The molecule has 0 amide bonds. The first-order chi connectivity index (χ1) is 16.9. The molecule has 0 bridgehead atoms. The Balaban J connectivity index is 1.96. The maximum absolute atomic E-state index is 13.6. The minimum Gasteiger partial charge on any atom is -0.504 e. The van der Waals surface area contributed by atoms with Crippen LogP contribution in [0, 0.1) is 11.3 Å². The number of phenolic OH excluding ortho intramolecular Hbond substituents is 1. The lowest BCUT2D eigenvalue weighted by atomic mass is 9.95. The minimum absolute atomic E-state index is 0.0713. The lowest BCUT2D eigenvalue weighted by Crippen LogP contribution is -2.39. The van der Waals surface area contributed by atoms with E-state index in [1.54, 1.807) is 49.4 Å². The van der Waals surface area contributed by atoms with Gasteiger partial charge in [0, 0.05) is 5.56 Å². The molecule has 1 aliphatic rings. The molecular formula is C25H21N3O6S. The van der Waals surface area contributed by atoms with E-state index < -0.39 is 12.0 Å². The molecule has 3 aromatic rings. The van der Waals surface area contributed by atoms with Gasteiger partial charge in [0.2, 0.25) is 0 Å². The van der Waals surface area contributed by atoms with Crippen molar-refractivity contribution in [2.75, 3.05) is 20.8 Å². The summed E-state index contributed by atoms with van der Waals surface area (Å²) in [5, 5.41) is 18.9. The third kappa shape index (κ3) is 4.41. The Morgan fingerprint density at radius 3 is 2.74 bits per heavy atom. The van der Waals surface area contributed by atoms with Crippen molar-refractivity contribution in [3.8, 4) is 23.3 Å². The van der Waals surface area contributed by atoms with Crippen LogP contribution in [0.2, 0.25) is 0 Å². The van der Waals surface area contributed by atoms with Crippen LogP contribution in [-0.2, 0) is 9.53 Å². The largest absolute Gasteiger partial charge is 0.504 e. The molecule has 0 fully saturated rings. The Morgan fingerprint density at radius 2 is 2.03 bits per heavy atom. The first-order valence-electron chi connectivity index (χ1n) is 10.5. The van der Waals surface area contributed by atoms with Crippen LogP contribution in [0.4, 0.5) is 0 Å². The second-order valence-corrected chi connectivity index (χ2v) is 8.50. The topological polar surface area (TPSA) is 123 Å². The number of aromatic hydroxyl groups is 1. The molecule has 9 nitrogen and oxygen atoms in total. The number of benzene rings is 2. The standard InChI is InChI=1S/C25H21N3O6S/c1-14-21(24(31)33-3)22(16-8-9-17(29)19(12-16)32-2)28-23(30)20(35-25(28)27-14)13-15-6-4-5-7-18(15)34-11-10-26/h4-9,12-13,22,29H,11H2,1-3H3/b20-13+/t22-/m1/s1. The summed E-state index contributed by atoms with van der Waals surface area (Å²) in [6, 6.07) is 12.8. The number of allylic oxidation sites excluding steroid dienone is 1. The van der Waals surface area contributed by atoms with Gasteiger partial charge in [-0.3, -0.25) is 9.36 Å². The molecule has 0 radical (unpaired) electrons. The predicted molar refractivity (Wildman–Crippen MR) is 128 cm³/mol. The van der Waals surface area contributed by atoms with Crippen LogP contribution in [0.5, 0.6) is 17.2 Å². The Kier molecular flexibility index (Phi) is 6.71. The number of nitrogens with zero attached hydrogens (tertiary/aromatic N) is 3. The van der Waals surface area contributed by atoms with Crippen LogP contribution in [0.1, 0.15) is 24.1 Å². The van der Waals surface area contributed by atoms with Gasteiger partial charge in [0.15, 0.2) is 22.9 Å². The number of phenols is 1. The van der Waals surface area contributed by atoms with Crippen molar-refractivity contribution < 1.29 is 24.1 Å². The Bertz CT molecular complexity index is 1560. The smallest absolute Gasteiger partial charge is 0.338 e. The van der Waals surface area contributed by atoms with E-state index >= 15 is 0 Å². The van der Waals surface area contributed by atoms with Crippen LogP contribution in [0.3, 0.4) is 0 Å². The number of hydrogen-bond acceptors (Lipinski definition) is 9. The fourth-order valence-electron chi connectivity index (χ4n) is 3.85. The van der Waals surface area contributed by atoms with Gasteiger partial charge in [-0.05, 0) is 36.8 Å². The monoisotopic (exact) mass is 491 g/mol. The van der Waals surface area contributed by atoms with Crippen molar-refractivity contribution in [3.05, 3.63) is 84.5 Å². The van der Waals surface area contributed by atoms with E-state index in [4.69, 9.17) is 19.5 Å². The zero-order valence-corrected chi connectivity index (χ0v) is 20.0. The van der Waals surface area contributed by atoms with Gasteiger partial charge >= 0.3 is 5.97 Å². The van der Waals surface area contributed by atoms with E-state index in [0.29, 0.717) is 31.9 Å². The van der Waals surface area contributed by atoms with Gasteiger partial charge in [0.25, 0.3) is 5.56 Å². The second kappa shape index (κ2) is 9.87. The summed E-state index contributed by atoms with van der Waals surface area (Å²) in [5.41, 5.74) is 1.42. The zero-order valence-electron chi connectivity index (χ0n) is 19.1. The van der Waals surface area contributed by atoms with Crippen molar-refractivity contribution in [1.29, 1.82) is 5.26 Å². The molecule has 10 heteroatoms. The highest BCUT2D eigenvalue weighted by molar-refractivity contribution is 7.07. The number of fused-ring (bicyclic) bond motifs is 1. The van der Waals surface area contributed by atoms with E-state index in [1.165, 1.54) is 36.2 Å². The minimum atomic E-state index is -0.847. The van der Waals surface area contributed by atoms with Gasteiger partial charge in [-0.1, -0.05) is 35.6 Å². The van der Waals surface area contributed by atoms with Crippen molar-refractivity contribution in [1.82, 2.24) is 4.57 Å². The summed E-state index contributed by atoms with van der Waals surface area (Å²) in [6.07, 6.45) is 1.67. The third-order valence-corrected chi connectivity index (χ3v) is 6.43. The van der Waals surface area contributed by atoms with Crippen molar-refractivity contribution in [2.24, 2.45) is 4.99 Å². The molecule has 1 atom stereocenters. The fourth-order valence-corrected chi connectivity index (χ4v) is 4.89. The van der Waals surface area contributed by atoms with Crippen molar-refractivity contribution >= 4 is 23.4 Å². The van der Waals surface area contributed by atoms with E-state index in [2.05, 4.69) is 4.99 Å². The SMILES string of the molecule is COC(=O)C1=C(C)N=c2s/c(=C/c3ccccc3OCC#N)c(=O)n2[C@@H]1c1ccc(O)c(OC)c1. The number of esters is 1. The van der Waals surface area contributed by atoms with Gasteiger partial charge in [-0.15, -0.1) is 0 Å². The number of ether oxygens (including phenoxy) is 3. The molecule has 4 rings (SSSR count). The highest BCUT2D eigenvalue weighted by atomic mass is 32.1. The highest BCUT2D eigenvalue weighted by Crippen LogP contribution is 2.35. The maximum atomic E-state index is 13.6. The zero-order chi connectivity index (χ0) is 25.1. The highest BCUT2D eigenvalue weighted by Gasteiger charge is 2.33. The van der Waals surface area contributed by atoms with E-state index in [1.807, 2.05) is 6.07 Å². The number of aromatic nitrogens is 1. The average molecular weight is 492 g/mol. The number of nitriles is 1. The van der Waals surface area contributed by atoms with Gasteiger partial charge in [-0.25, -0.2) is 9.79 Å². The molecule has 2 heterocycles. The number of methoxy groups -OCH3 is 2. The van der Waals surface area contributed by atoms with Crippen molar-refractivity contribution in [3.63, 3.8) is 0 Å². The van der Waals surface area contributed by atoms with Crippen LogP contribution in [-0.4, -0.2) is 36.5 Å². The number of para-hydroxylation sites is 1. The number of rotatable bonds is 6. The van der Waals surface area contributed by atoms with Crippen LogP contribution in [0.25, 0.3) is 6.08 Å². The molecule has 1 aliphatic heterocycles. The molecular weight excluding hydrogens is 470 g/mol. The average Bonchev–Trinajstić information content (AvgIpc) is 3.16. The first-order valence-corrected chi connectivity index (χ1v) is 11.3. The molecule has 1 N–H and O–H groups in total. The summed E-state index contributed by atoms with van der Waals surface area (Å²) >= 11 is 1.17. The Labute approximate surface area is 204 Å². The first kappa shape index (κ1) is 23.8. The van der Waals surface area contributed by atoms with Crippen LogP contribution >= 0.6 is 11.3 Å². The van der Waals surface area contributed by atoms with Gasteiger partial charge < -0.3 is 19.3 Å². The molecule has 35 heavy (non-hydrogen) atoms. The number of hydrogen-bond donors (Lipinski definition) is 1. The normalized spacial score (nSPS) is 15.1. The summed E-state index contributed by atoms with van der Waals surface area (Å²) < 4.78 is 17.5. The molecule has 178 valence electrons. The second-order valence-electron chi connectivity index (χ2n) is 7.49. The molecule has 0 spiro atoms. The maximum Gasteiger partial charge on any atom is 0.338 e. The van der Waals surface area contributed by atoms with Gasteiger partial charge in [0.1, 0.15) is 11.8 Å². The molecule has 0 saturated carbocycles. The lowest BCUT2D eigenvalue weighted by Gasteiger charge is -2.24. The summed E-state index contributed by atoms with van der Waals surface area (Å²) in [5.74, 6) is -0.0241. The van der Waals surface area contributed by atoms with Crippen LogP contribution in [0.15, 0.2) is 63.5 Å². The lowest BCUT2D eigenvalue weighted by molar-refractivity contribution is -0.136. The quantitative estimate of drug-likeness (QED) is 0.524. The van der Waals surface area contributed by atoms with E-state index in [0.717, 1.165) is 0 Å². The third-order valence-electron chi connectivity index (χ3n) is 5.44. The van der Waals surface area contributed by atoms with Crippen LogP contribution < -0.4 is 24.4 Å². The number of carbonyl (C=O) groups excluding carboxylic acids is 1. The summed E-state index contributed by atoms with van der Waals surface area (Å²) in [6.45, 7) is 1.55. The number of thiazole rings is 1. The van der Waals surface area contributed by atoms with Gasteiger partial charge in [0.05, 0.1) is 36.1 Å². The fraction of sp³-hybridized carbons (Fsp3) is 0.200. The van der Waals surface area contributed by atoms with Gasteiger partial charge in [-0.2, -0.15) is 5.26 Å². The Hall–Kier alpha value is -4.36. The molecule has 0 saturated heterocycles. The molecule has 0 aliphatic carbocycles. The Morgan fingerprint density at radius 1 is 1.26 bits per heavy atom. The summed E-state index contributed by atoms with van der Waals surface area (Å²) in [7, 11) is 2.68. The summed E-state index contributed by atoms with van der Waals surface area (Å²) in [4.78, 5) is 31.3. The predicted octanol–water partition coefficient (Wildman–Crippen LogP) is 2.02. The molecule has 2 aromatic carbocycles. The number of carbonyl (C=O) groups is 1. The van der Waals surface area contributed by atoms with E-state index in [-0.39, 0.29) is 29.2 Å². The van der Waals surface area contributed by atoms with E-state index in [9.17, 15) is 14.7 Å². The van der Waals surface area contributed by atoms with Crippen molar-refractivity contribution in [2.45, 2.75) is 13.0 Å².